The summed E-state index contributed by atoms with van der Waals surface area (Å²) in [6, 6.07) is 21.3. The molecule has 1 aliphatic rings. The third-order valence-electron chi connectivity index (χ3n) is 7.90. The lowest BCUT2D eigenvalue weighted by molar-refractivity contribution is 0.102. The second-order valence-electron chi connectivity index (χ2n) is 12.0. The fraction of sp³-hybridized carbons (Fsp3) is 0.324. The maximum absolute atomic E-state index is 13.1. The molecule has 0 aliphatic carbocycles. The van der Waals surface area contributed by atoms with Crippen molar-refractivity contribution < 1.29 is 9.90 Å². The Kier molecular flexibility index (Phi) is 8.18. The largest absolute Gasteiger partial charge is 0.393 e. The van der Waals surface area contributed by atoms with Gasteiger partial charge in [-0.2, -0.15) is 0 Å². The number of carbonyl (C=O) groups is 1. The number of anilines is 4. The van der Waals surface area contributed by atoms with Gasteiger partial charge in [0.1, 0.15) is 0 Å². The Morgan fingerprint density at radius 3 is 2.29 bits per heavy atom. The summed E-state index contributed by atoms with van der Waals surface area (Å²) in [5, 5.41) is 16.0. The summed E-state index contributed by atoms with van der Waals surface area (Å²) in [6.07, 6.45) is 3.02. The molecule has 0 saturated carbocycles. The Balaban J connectivity index is 1.36. The maximum Gasteiger partial charge on any atom is 0.293 e. The van der Waals surface area contributed by atoms with E-state index >= 15 is 0 Å². The summed E-state index contributed by atoms with van der Waals surface area (Å²) in [5.41, 5.74) is 6.34. The number of carbonyl (C=O) groups excluding carboxylic acids is 1. The van der Waals surface area contributed by atoms with E-state index in [9.17, 15) is 14.7 Å². The minimum Gasteiger partial charge on any atom is -0.393 e. The summed E-state index contributed by atoms with van der Waals surface area (Å²) in [6.45, 7) is 10.0. The highest BCUT2D eigenvalue weighted by Crippen LogP contribution is 2.29. The van der Waals surface area contributed by atoms with Gasteiger partial charge in [0.15, 0.2) is 5.82 Å². The normalized spacial score (nSPS) is 14.1. The first-order valence-electron chi connectivity index (χ1n) is 14.4. The predicted molar refractivity (Wildman–Crippen MR) is 170 cm³/mol. The molecular weight excluding hydrogens is 526 g/mol. The summed E-state index contributed by atoms with van der Waals surface area (Å²) in [4.78, 5) is 33.0. The van der Waals surface area contributed by atoms with E-state index < -0.39 is 0 Å². The van der Waals surface area contributed by atoms with Gasteiger partial charge in [0, 0.05) is 54.5 Å². The second kappa shape index (κ2) is 11.8. The van der Waals surface area contributed by atoms with Gasteiger partial charge in [-0.3, -0.25) is 9.59 Å². The van der Waals surface area contributed by atoms with E-state index in [1.54, 1.807) is 13.2 Å². The molecule has 0 unspecified atom stereocenters. The zero-order chi connectivity index (χ0) is 30.0. The molecular formula is C34H39N5O3. The lowest BCUT2D eigenvalue weighted by atomic mass is 9.86. The molecule has 8 nitrogen and oxygen atoms in total. The summed E-state index contributed by atoms with van der Waals surface area (Å²) in [7, 11) is 1.70. The Hall–Kier alpha value is -4.43. The van der Waals surface area contributed by atoms with Crippen molar-refractivity contribution in [3.05, 3.63) is 100.0 Å². The molecule has 5 rings (SSSR count). The first kappa shape index (κ1) is 29.1. The van der Waals surface area contributed by atoms with E-state index in [1.165, 1.54) is 10.1 Å². The number of aromatic nitrogens is 2. The average Bonchev–Trinajstić information content (AvgIpc) is 2.97. The van der Waals surface area contributed by atoms with Gasteiger partial charge in [-0.25, -0.2) is 4.98 Å². The number of rotatable bonds is 6. The number of amides is 1. The van der Waals surface area contributed by atoms with Crippen LogP contribution in [0.2, 0.25) is 0 Å². The topological polar surface area (TPSA) is 99.5 Å². The smallest absolute Gasteiger partial charge is 0.293 e. The quantitative estimate of drug-likeness (QED) is 0.265. The number of nitrogens with one attached hydrogen (secondary N) is 2. The van der Waals surface area contributed by atoms with Crippen LogP contribution in [0.25, 0.3) is 11.3 Å². The van der Waals surface area contributed by atoms with Gasteiger partial charge >= 0.3 is 0 Å². The van der Waals surface area contributed by atoms with Crippen LogP contribution in [0.5, 0.6) is 0 Å². The van der Waals surface area contributed by atoms with Crippen LogP contribution in [-0.2, 0) is 12.5 Å². The number of aryl methyl sites for hydroxylation is 1. The van der Waals surface area contributed by atoms with Gasteiger partial charge in [0.2, 0.25) is 0 Å². The van der Waals surface area contributed by atoms with Crippen LogP contribution < -0.4 is 21.1 Å². The highest BCUT2D eigenvalue weighted by molar-refractivity contribution is 6.05. The lowest BCUT2D eigenvalue weighted by Crippen LogP contribution is -2.35. The van der Waals surface area contributed by atoms with Gasteiger partial charge in [-0.1, -0.05) is 45.0 Å². The SMILES string of the molecule is Cc1c(NC(=O)c2ccc(C(C)(C)C)cc2)cccc1-c1cn(C)c(=O)c(Nc2ccc(N3CCC(O)CC3)cc2)n1. The van der Waals surface area contributed by atoms with E-state index in [1.807, 2.05) is 73.7 Å². The van der Waals surface area contributed by atoms with Crippen LogP contribution >= 0.6 is 0 Å². The number of nitrogens with zero attached hydrogens (tertiary/aromatic N) is 3. The van der Waals surface area contributed by atoms with E-state index in [0.717, 1.165) is 48.4 Å². The Morgan fingerprint density at radius 1 is 0.976 bits per heavy atom. The summed E-state index contributed by atoms with van der Waals surface area (Å²) in [5.74, 6) is 0.0345. The van der Waals surface area contributed by atoms with E-state index in [0.29, 0.717) is 16.9 Å². The Labute approximate surface area is 247 Å². The van der Waals surface area contributed by atoms with Crippen LogP contribution in [0.1, 0.15) is 55.1 Å². The first-order chi connectivity index (χ1) is 20.0. The molecule has 3 aromatic carbocycles. The highest BCUT2D eigenvalue weighted by atomic mass is 16.3. The van der Waals surface area contributed by atoms with E-state index in [4.69, 9.17) is 4.98 Å². The number of piperidine rings is 1. The van der Waals surface area contributed by atoms with Crippen molar-refractivity contribution >= 4 is 28.8 Å². The molecule has 3 N–H and O–H groups in total. The minimum absolute atomic E-state index is 0.0121. The van der Waals surface area contributed by atoms with Crippen LogP contribution in [0.3, 0.4) is 0 Å². The van der Waals surface area contributed by atoms with Crippen molar-refractivity contribution in [3.8, 4) is 11.3 Å². The van der Waals surface area contributed by atoms with Gasteiger partial charge in [0.25, 0.3) is 11.5 Å². The minimum atomic E-state index is -0.242. The molecule has 8 heteroatoms. The molecule has 1 aromatic heterocycles. The standard InChI is InChI=1S/C34H39N5O3/c1-22-28(7-6-8-29(22)37-32(41)23-9-11-24(12-10-23)34(2,3)4)30-21-38(5)33(42)31(36-30)35-25-13-15-26(16-14-25)39-19-17-27(40)18-20-39/h6-16,21,27,40H,17-20H2,1-5H3,(H,35,36)(H,37,41). The molecule has 218 valence electrons. The molecule has 1 aliphatic heterocycles. The van der Waals surface area contributed by atoms with Crippen LogP contribution in [0, 0.1) is 6.92 Å². The third kappa shape index (κ3) is 6.39. The molecule has 1 amide bonds. The highest BCUT2D eigenvalue weighted by Gasteiger charge is 2.18. The molecule has 0 atom stereocenters. The predicted octanol–water partition coefficient (Wildman–Crippen LogP) is 6.01. The zero-order valence-electron chi connectivity index (χ0n) is 24.9. The molecule has 1 fully saturated rings. The number of aliphatic hydroxyl groups excluding tert-OH is 1. The van der Waals surface area contributed by atoms with Gasteiger partial charge in [-0.15, -0.1) is 0 Å². The second-order valence-corrected chi connectivity index (χ2v) is 12.0. The zero-order valence-corrected chi connectivity index (χ0v) is 24.9. The first-order valence-corrected chi connectivity index (χ1v) is 14.4. The Morgan fingerprint density at radius 2 is 1.64 bits per heavy atom. The molecule has 42 heavy (non-hydrogen) atoms. The van der Waals surface area contributed by atoms with Gasteiger partial charge < -0.3 is 25.2 Å². The molecule has 2 heterocycles. The monoisotopic (exact) mass is 565 g/mol. The van der Waals surface area contributed by atoms with Crippen molar-refractivity contribution in [2.75, 3.05) is 28.6 Å². The third-order valence-corrected chi connectivity index (χ3v) is 7.90. The number of aliphatic hydroxyl groups is 1. The van der Waals surface area contributed by atoms with Crippen LogP contribution in [0.4, 0.5) is 22.9 Å². The maximum atomic E-state index is 13.1. The van der Waals surface area contributed by atoms with Crippen molar-refractivity contribution in [3.63, 3.8) is 0 Å². The number of hydrogen-bond acceptors (Lipinski definition) is 6. The number of benzene rings is 3. The summed E-state index contributed by atoms with van der Waals surface area (Å²) >= 11 is 0. The Bertz CT molecular complexity index is 1630. The van der Waals surface area contributed by atoms with Crippen molar-refractivity contribution in [1.82, 2.24) is 9.55 Å². The van der Waals surface area contributed by atoms with Crippen LogP contribution in [0.15, 0.2) is 77.7 Å². The lowest BCUT2D eigenvalue weighted by Gasteiger charge is -2.31. The number of hydrogen-bond donors (Lipinski definition) is 3. The summed E-state index contributed by atoms with van der Waals surface area (Å²) < 4.78 is 1.51. The molecule has 0 radical (unpaired) electrons. The fourth-order valence-corrected chi connectivity index (χ4v) is 5.20. The van der Waals surface area contributed by atoms with Crippen LogP contribution in [-0.4, -0.2) is 39.8 Å². The van der Waals surface area contributed by atoms with Crippen molar-refractivity contribution in [1.29, 1.82) is 0 Å². The van der Waals surface area contributed by atoms with Crippen molar-refractivity contribution in [2.24, 2.45) is 7.05 Å². The van der Waals surface area contributed by atoms with Gasteiger partial charge in [0.05, 0.1) is 11.8 Å². The average molecular weight is 566 g/mol. The molecule has 1 saturated heterocycles. The fourth-order valence-electron chi connectivity index (χ4n) is 5.20. The molecule has 0 spiro atoms. The van der Waals surface area contributed by atoms with E-state index in [2.05, 4.69) is 36.3 Å². The van der Waals surface area contributed by atoms with Gasteiger partial charge in [-0.05, 0) is 78.8 Å². The van der Waals surface area contributed by atoms with E-state index in [-0.39, 0.29) is 28.8 Å². The van der Waals surface area contributed by atoms with Crippen molar-refractivity contribution in [2.45, 2.75) is 52.1 Å². The molecule has 4 aromatic rings. The molecule has 0 bridgehead atoms.